The number of ether oxygens (including phenoxy) is 1. The number of halogens is 1. The summed E-state index contributed by atoms with van der Waals surface area (Å²) < 4.78 is 6.11. The number of benzene rings is 2. The van der Waals surface area contributed by atoms with E-state index in [1.54, 1.807) is 6.92 Å². The zero-order chi connectivity index (χ0) is 16.8. The molecule has 0 aromatic heterocycles. The van der Waals surface area contributed by atoms with Crippen LogP contribution in [-0.4, -0.2) is 22.9 Å². The van der Waals surface area contributed by atoms with Crippen LogP contribution in [0.1, 0.15) is 12.5 Å². The maximum absolute atomic E-state index is 11.0. The highest BCUT2D eigenvalue weighted by molar-refractivity contribution is 9.10. The van der Waals surface area contributed by atoms with Crippen molar-refractivity contribution in [1.29, 1.82) is 0 Å². The summed E-state index contributed by atoms with van der Waals surface area (Å²) in [6.45, 7) is 2.00. The summed E-state index contributed by atoms with van der Waals surface area (Å²) in [4.78, 5) is 10.3. The average Bonchev–Trinajstić information content (AvgIpc) is 2.50. The molecule has 2 aromatic rings. The van der Waals surface area contributed by atoms with Crippen molar-refractivity contribution < 1.29 is 14.8 Å². The number of nitro benzene ring substituents is 1. The summed E-state index contributed by atoms with van der Waals surface area (Å²) in [5, 5.41) is 24.8. The van der Waals surface area contributed by atoms with Crippen LogP contribution in [0.2, 0.25) is 0 Å². The van der Waals surface area contributed by atoms with Crippen LogP contribution in [0, 0.1) is 10.1 Å². The van der Waals surface area contributed by atoms with E-state index in [4.69, 9.17) is 4.74 Å². The minimum absolute atomic E-state index is 0.0469. The number of phenolic OH excluding ortho intramolecular Hbond substituents is 1. The molecule has 0 saturated carbocycles. The zero-order valence-electron chi connectivity index (χ0n) is 12.2. The van der Waals surface area contributed by atoms with Gasteiger partial charge < -0.3 is 9.84 Å². The number of nitrogens with one attached hydrogen (secondary N) is 1. The Bertz CT molecular complexity index is 749. The van der Waals surface area contributed by atoms with Gasteiger partial charge in [0.05, 0.1) is 23.4 Å². The van der Waals surface area contributed by atoms with Gasteiger partial charge in [-0.3, -0.25) is 15.5 Å². The monoisotopic (exact) mass is 379 g/mol. The van der Waals surface area contributed by atoms with Gasteiger partial charge in [-0.2, -0.15) is 5.10 Å². The van der Waals surface area contributed by atoms with E-state index in [1.165, 1.54) is 18.3 Å². The number of hydrogen-bond donors (Lipinski definition) is 2. The molecular formula is C15H14BrN3O4. The molecule has 0 amide bonds. The van der Waals surface area contributed by atoms with Gasteiger partial charge in [-0.1, -0.05) is 22.0 Å². The van der Waals surface area contributed by atoms with Crippen LogP contribution in [0.3, 0.4) is 0 Å². The van der Waals surface area contributed by atoms with Crippen LogP contribution in [0.4, 0.5) is 11.4 Å². The van der Waals surface area contributed by atoms with Gasteiger partial charge in [-0.15, -0.1) is 0 Å². The summed E-state index contributed by atoms with van der Waals surface area (Å²) in [5.74, 6) is -0.445. The first-order valence-corrected chi connectivity index (χ1v) is 7.49. The molecule has 0 bridgehead atoms. The molecule has 0 saturated heterocycles. The highest BCUT2D eigenvalue weighted by Gasteiger charge is 2.19. The van der Waals surface area contributed by atoms with Gasteiger partial charge in [0.1, 0.15) is 0 Å². The Labute approximate surface area is 140 Å². The number of anilines is 1. The van der Waals surface area contributed by atoms with Gasteiger partial charge in [0.25, 0.3) is 0 Å². The molecule has 120 valence electrons. The number of rotatable bonds is 6. The van der Waals surface area contributed by atoms with Gasteiger partial charge in [0, 0.05) is 16.1 Å². The van der Waals surface area contributed by atoms with Crippen molar-refractivity contribution in [1.82, 2.24) is 0 Å². The number of hydrazone groups is 1. The number of phenols is 1. The van der Waals surface area contributed by atoms with E-state index in [0.717, 1.165) is 10.2 Å². The molecule has 0 fully saturated rings. The maximum atomic E-state index is 11.0. The predicted molar refractivity (Wildman–Crippen MR) is 91.3 cm³/mol. The number of nitro groups is 1. The molecule has 0 radical (unpaired) electrons. The molecule has 8 heteroatoms. The summed E-state index contributed by atoms with van der Waals surface area (Å²) in [7, 11) is 0. The minimum atomic E-state index is -0.670. The van der Waals surface area contributed by atoms with Crippen LogP contribution in [0.15, 0.2) is 46.0 Å². The first-order valence-electron chi connectivity index (χ1n) is 6.70. The molecule has 0 aliphatic heterocycles. The first kappa shape index (κ1) is 16.8. The summed E-state index contributed by atoms with van der Waals surface area (Å²) in [6, 6.07) is 10.1. The van der Waals surface area contributed by atoms with Crippen LogP contribution in [0.25, 0.3) is 0 Å². The van der Waals surface area contributed by atoms with Crippen molar-refractivity contribution in [3.05, 3.63) is 56.5 Å². The smallest absolute Gasteiger partial charge is 0.315 e. The van der Waals surface area contributed by atoms with Crippen molar-refractivity contribution in [3.8, 4) is 11.5 Å². The lowest BCUT2D eigenvalue weighted by atomic mass is 10.2. The number of hydrogen-bond acceptors (Lipinski definition) is 6. The second kappa shape index (κ2) is 7.59. The number of nitrogens with zero attached hydrogens (tertiary/aromatic N) is 2. The van der Waals surface area contributed by atoms with Gasteiger partial charge in [-0.05, 0) is 31.2 Å². The molecule has 2 aromatic carbocycles. The van der Waals surface area contributed by atoms with Crippen LogP contribution in [0.5, 0.6) is 11.5 Å². The van der Waals surface area contributed by atoms with Gasteiger partial charge in [0.15, 0.2) is 5.75 Å². The van der Waals surface area contributed by atoms with Crippen molar-refractivity contribution in [2.24, 2.45) is 5.10 Å². The Hall–Kier alpha value is -2.61. The molecule has 0 aliphatic rings. The lowest BCUT2D eigenvalue weighted by Gasteiger charge is -2.07. The van der Waals surface area contributed by atoms with Gasteiger partial charge in [0.2, 0.25) is 5.75 Å². The van der Waals surface area contributed by atoms with Crippen LogP contribution in [-0.2, 0) is 0 Å². The topological polar surface area (TPSA) is 97.0 Å². The van der Waals surface area contributed by atoms with Crippen molar-refractivity contribution in [2.45, 2.75) is 6.92 Å². The Morgan fingerprint density at radius 1 is 1.43 bits per heavy atom. The Morgan fingerprint density at radius 2 is 2.22 bits per heavy atom. The largest absolute Gasteiger partial charge is 0.500 e. The summed E-state index contributed by atoms with van der Waals surface area (Å²) in [6.07, 6.45) is 1.41. The van der Waals surface area contributed by atoms with Crippen molar-refractivity contribution in [2.75, 3.05) is 12.0 Å². The zero-order valence-corrected chi connectivity index (χ0v) is 13.8. The quantitative estimate of drug-likeness (QED) is 0.450. The molecule has 2 N–H and O–H groups in total. The van der Waals surface area contributed by atoms with E-state index in [1.807, 2.05) is 24.3 Å². The summed E-state index contributed by atoms with van der Waals surface area (Å²) in [5.41, 5.74) is 3.57. The standard InChI is InChI=1S/C15H14BrN3O4/c1-2-23-14-7-10(6-13(15(14)20)19(21)22)9-17-18-12-5-3-4-11(16)8-12/h3-9,18,20H,2H2,1H3/b17-9-. The fourth-order valence-electron chi connectivity index (χ4n) is 1.83. The van der Waals surface area contributed by atoms with E-state index < -0.39 is 16.4 Å². The Morgan fingerprint density at radius 3 is 2.87 bits per heavy atom. The molecule has 0 atom stereocenters. The second-order valence-corrected chi connectivity index (χ2v) is 5.37. The van der Waals surface area contributed by atoms with Crippen LogP contribution < -0.4 is 10.2 Å². The fraction of sp³-hybridized carbons (Fsp3) is 0.133. The SMILES string of the molecule is CCOc1cc(/C=N\Nc2cccc(Br)c2)cc([N+](=O)[O-])c1O. The Balaban J connectivity index is 2.24. The normalized spacial score (nSPS) is 10.7. The lowest BCUT2D eigenvalue weighted by Crippen LogP contribution is -1.98. The molecule has 2 rings (SSSR count). The average molecular weight is 380 g/mol. The second-order valence-electron chi connectivity index (χ2n) is 4.46. The third-order valence-electron chi connectivity index (χ3n) is 2.81. The minimum Gasteiger partial charge on any atom is -0.500 e. The molecule has 23 heavy (non-hydrogen) atoms. The van der Waals surface area contributed by atoms with Crippen molar-refractivity contribution >= 4 is 33.5 Å². The predicted octanol–water partition coefficient (Wildman–Crippen LogP) is 3.91. The van der Waals surface area contributed by atoms with Crippen LogP contribution >= 0.6 is 15.9 Å². The number of aromatic hydroxyl groups is 1. The molecule has 7 nitrogen and oxygen atoms in total. The lowest BCUT2D eigenvalue weighted by molar-refractivity contribution is -0.386. The van der Waals surface area contributed by atoms with E-state index >= 15 is 0 Å². The van der Waals surface area contributed by atoms with E-state index in [0.29, 0.717) is 5.56 Å². The third kappa shape index (κ3) is 4.43. The molecule has 0 heterocycles. The Kier molecular flexibility index (Phi) is 5.53. The van der Waals surface area contributed by atoms with Gasteiger partial charge >= 0.3 is 5.69 Å². The fourth-order valence-corrected chi connectivity index (χ4v) is 2.23. The molecular weight excluding hydrogens is 366 g/mol. The van der Waals surface area contributed by atoms with E-state index in [-0.39, 0.29) is 12.4 Å². The van der Waals surface area contributed by atoms with Gasteiger partial charge in [-0.25, -0.2) is 0 Å². The maximum Gasteiger partial charge on any atom is 0.315 e. The third-order valence-corrected chi connectivity index (χ3v) is 3.30. The van der Waals surface area contributed by atoms with E-state index in [2.05, 4.69) is 26.5 Å². The highest BCUT2D eigenvalue weighted by atomic mass is 79.9. The van der Waals surface area contributed by atoms with Crippen molar-refractivity contribution in [3.63, 3.8) is 0 Å². The molecule has 0 aliphatic carbocycles. The highest BCUT2D eigenvalue weighted by Crippen LogP contribution is 2.36. The summed E-state index contributed by atoms with van der Waals surface area (Å²) >= 11 is 3.35. The van der Waals surface area contributed by atoms with E-state index in [9.17, 15) is 15.2 Å². The molecule has 0 spiro atoms. The first-order chi connectivity index (χ1) is 11.0. The molecule has 0 unspecified atom stereocenters.